The van der Waals surface area contributed by atoms with E-state index in [0.29, 0.717) is 10.7 Å². The number of thiophene rings is 1. The molecule has 0 bridgehead atoms. The van der Waals surface area contributed by atoms with Crippen molar-refractivity contribution >= 4 is 56.6 Å². The van der Waals surface area contributed by atoms with Gasteiger partial charge < -0.3 is 14.8 Å². The van der Waals surface area contributed by atoms with Crippen molar-refractivity contribution in [1.82, 2.24) is 14.8 Å². The first-order valence-corrected chi connectivity index (χ1v) is 11.7. The zero-order valence-electron chi connectivity index (χ0n) is 16.2. The molecule has 0 saturated heterocycles. The van der Waals surface area contributed by atoms with Crippen LogP contribution >= 0.6 is 34.5 Å². The van der Waals surface area contributed by atoms with Crippen LogP contribution in [0.2, 0.25) is 5.02 Å². The molecule has 2 aliphatic rings. The van der Waals surface area contributed by atoms with E-state index < -0.39 is 5.00 Å². The van der Waals surface area contributed by atoms with Crippen molar-refractivity contribution in [3.8, 4) is 0 Å². The summed E-state index contributed by atoms with van der Waals surface area (Å²) in [4.78, 5) is 26.9. The molecule has 5 nitrogen and oxygen atoms in total. The Labute approximate surface area is 188 Å². The Morgan fingerprint density at radius 3 is 2.67 bits per heavy atom. The van der Waals surface area contributed by atoms with E-state index >= 15 is 0 Å². The minimum absolute atomic E-state index is 0.118. The minimum atomic E-state index is -1.50. The summed E-state index contributed by atoms with van der Waals surface area (Å²) >= 11 is 14.6. The van der Waals surface area contributed by atoms with E-state index in [0.717, 1.165) is 41.5 Å². The first-order chi connectivity index (χ1) is 14.5. The molecule has 3 heterocycles. The van der Waals surface area contributed by atoms with Crippen LogP contribution in [0.5, 0.6) is 0 Å². The Hall–Kier alpha value is -2.02. The Morgan fingerprint density at radius 1 is 1.20 bits per heavy atom. The van der Waals surface area contributed by atoms with Gasteiger partial charge in [0.25, 0.3) is 11.8 Å². The van der Waals surface area contributed by atoms with Gasteiger partial charge in [0, 0.05) is 17.6 Å². The number of fused-ring (bicyclic) bond motifs is 3. The molecule has 1 N–H and O–H groups in total. The monoisotopic (exact) mass is 461 g/mol. The van der Waals surface area contributed by atoms with Crippen molar-refractivity contribution in [2.24, 2.45) is 0 Å². The van der Waals surface area contributed by atoms with E-state index in [1.807, 2.05) is 34.2 Å². The second-order valence-electron chi connectivity index (χ2n) is 8.02. The number of amides is 2. The van der Waals surface area contributed by atoms with Crippen LogP contribution in [0.4, 0.5) is 0 Å². The van der Waals surface area contributed by atoms with E-state index in [-0.39, 0.29) is 30.9 Å². The number of rotatable bonds is 4. The predicted molar refractivity (Wildman–Crippen MR) is 120 cm³/mol. The molecule has 3 aromatic rings. The van der Waals surface area contributed by atoms with Crippen LogP contribution in [-0.4, -0.2) is 32.3 Å². The normalized spacial score (nSPS) is 21.9. The summed E-state index contributed by atoms with van der Waals surface area (Å²) in [5.41, 5.74) is 2.37. The number of halogens is 2. The number of benzene rings is 1. The van der Waals surface area contributed by atoms with Crippen molar-refractivity contribution in [3.63, 3.8) is 0 Å². The highest BCUT2D eigenvalue weighted by molar-refractivity contribution is 7.17. The molecule has 5 rings (SSSR count). The van der Waals surface area contributed by atoms with Gasteiger partial charge in [0.05, 0.1) is 16.8 Å². The Bertz CT molecular complexity index is 1120. The topological polar surface area (TPSA) is 54.3 Å². The fraction of sp³-hybridized carbons (Fsp3) is 0.364. The molecule has 156 valence electrons. The molecule has 1 unspecified atom stereocenters. The van der Waals surface area contributed by atoms with Crippen molar-refractivity contribution in [2.45, 2.75) is 49.8 Å². The van der Waals surface area contributed by atoms with Crippen LogP contribution in [0.15, 0.2) is 41.8 Å². The van der Waals surface area contributed by atoms with Gasteiger partial charge in [-0.3, -0.25) is 9.59 Å². The standard InChI is InChI=1S/C22H21Cl2N3O2S/c23-15-7-5-14(6-8-15)12-27-20(28)18-11-19-17(9-10-30-19)26(18)13-22(27,24)21(29)25-16-3-1-2-4-16/h5-11,16H,1-4,12-13H2,(H,25,29). The van der Waals surface area contributed by atoms with Crippen molar-refractivity contribution in [3.05, 3.63) is 58.1 Å². The maximum atomic E-state index is 13.5. The third-order valence-electron chi connectivity index (χ3n) is 6.07. The van der Waals surface area contributed by atoms with Crippen molar-refractivity contribution in [2.75, 3.05) is 0 Å². The van der Waals surface area contributed by atoms with Gasteiger partial charge >= 0.3 is 0 Å². The first kappa shape index (κ1) is 19.9. The van der Waals surface area contributed by atoms with Crippen LogP contribution < -0.4 is 5.32 Å². The lowest BCUT2D eigenvalue weighted by Crippen LogP contribution is -2.62. The van der Waals surface area contributed by atoms with Gasteiger partial charge in [-0.25, -0.2) is 0 Å². The van der Waals surface area contributed by atoms with E-state index in [1.165, 1.54) is 4.90 Å². The minimum Gasteiger partial charge on any atom is -0.350 e. The highest BCUT2D eigenvalue weighted by atomic mass is 35.5. The molecule has 8 heteroatoms. The molecule has 1 aromatic carbocycles. The van der Waals surface area contributed by atoms with Gasteiger partial charge in [0.15, 0.2) is 0 Å². The van der Waals surface area contributed by atoms with Crippen LogP contribution in [0.3, 0.4) is 0 Å². The first-order valence-electron chi connectivity index (χ1n) is 10.1. The number of carbonyl (C=O) groups excluding carboxylic acids is 2. The van der Waals surface area contributed by atoms with Crippen LogP contribution in [0, 0.1) is 0 Å². The summed E-state index contributed by atoms with van der Waals surface area (Å²) in [7, 11) is 0. The molecule has 2 aromatic heterocycles. The quantitative estimate of drug-likeness (QED) is 0.438. The lowest BCUT2D eigenvalue weighted by molar-refractivity contribution is -0.129. The third-order valence-corrected chi connectivity index (χ3v) is 7.68. The van der Waals surface area contributed by atoms with Crippen LogP contribution in [-0.2, 0) is 17.9 Å². The molecule has 1 aliphatic carbocycles. The summed E-state index contributed by atoms with van der Waals surface area (Å²) in [6, 6.07) is 11.2. The molecule has 30 heavy (non-hydrogen) atoms. The van der Waals surface area contributed by atoms with E-state index in [1.54, 1.807) is 23.5 Å². The van der Waals surface area contributed by atoms with Crippen LogP contribution in [0.25, 0.3) is 10.2 Å². The smallest absolute Gasteiger partial charge is 0.272 e. The number of hydrogen-bond donors (Lipinski definition) is 1. The second kappa shape index (κ2) is 7.59. The fourth-order valence-electron chi connectivity index (χ4n) is 4.45. The van der Waals surface area contributed by atoms with Gasteiger partial charge in [-0.05, 0) is 48.1 Å². The van der Waals surface area contributed by atoms with Gasteiger partial charge in [0.2, 0.25) is 5.00 Å². The van der Waals surface area contributed by atoms with E-state index in [9.17, 15) is 9.59 Å². The number of aromatic nitrogens is 1. The summed E-state index contributed by atoms with van der Waals surface area (Å²) in [5.74, 6) is -0.544. The second-order valence-corrected chi connectivity index (χ2v) is 10.0. The Balaban J connectivity index is 1.54. The number of nitrogens with zero attached hydrogens (tertiary/aromatic N) is 2. The van der Waals surface area contributed by atoms with Crippen molar-refractivity contribution in [1.29, 1.82) is 0 Å². The van der Waals surface area contributed by atoms with E-state index in [4.69, 9.17) is 23.2 Å². The number of hydrogen-bond acceptors (Lipinski definition) is 3. The van der Waals surface area contributed by atoms with E-state index in [2.05, 4.69) is 5.32 Å². The lowest BCUT2D eigenvalue weighted by atomic mass is 10.1. The predicted octanol–water partition coefficient (Wildman–Crippen LogP) is 5.01. The van der Waals surface area contributed by atoms with Gasteiger partial charge in [-0.1, -0.05) is 48.2 Å². The molecular weight excluding hydrogens is 441 g/mol. The van der Waals surface area contributed by atoms with Gasteiger partial charge in [0.1, 0.15) is 5.69 Å². The average molecular weight is 462 g/mol. The molecule has 0 radical (unpaired) electrons. The van der Waals surface area contributed by atoms with Gasteiger partial charge in [-0.15, -0.1) is 11.3 Å². The Kier molecular flexibility index (Phi) is 5.04. The average Bonchev–Trinajstić information content (AvgIpc) is 3.45. The lowest BCUT2D eigenvalue weighted by Gasteiger charge is -2.42. The molecule has 1 fully saturated rings. The molecule has 1 aliphatic heterocycles. The highest BCUT2D eigenvalue weighted by Crippen LogP contribution is 2.38. The molecule has 2 amide bonds. The number of carbonyl (C=O) groups is 2. The number of nitrogens with one attached hydrogen (secondary N) is 1. The van der Waals surface area contributed by atoms with Crippen LogP contribution in [0.1, 0.15) is 41.7 Å². The summed E-state index contributed by atoms with van der Waals surface area (Å²) in [5, 5.41) is 5.71. The zero-order valence-corrected chi connectivity index (χ0v) is 18.6. The summed E-state index contributed by atoms with van der Waals surface area (Å²) < 4.78 is 2.90. The summed E-state index contributed by atoms with van der Waals surface area (Å²) in [6.45, 7) is 0.443. The largest absolute Gasteiger partial charge is 0.350 e. The fourth-order valence-corrected chi connectivity index (χ4v) is 5.71. The Morgan fingerprint density at radius 2 is 1.93 bits per heavy atom. The molecular formula is C22H21Cl2N3O2S. The third kappa shape index (κ3) is 3.31. The SMILES string of the molecule is O=C1c2cc3sccc3n2CC(Cl)(C(=O)NC2CCCC2)N1Cc1ccc(Cl)cc1. The molecule has 0 spiro atoms. The number of alkyl halides is 1. The summed E-state index contributed by atoms with van der Waals surface area (Å²) in [6.07, 6.45) is 4.11. The van der Waals surface area contributed by atoms with Crippen molar-refractivity contribution < 1.29 is 9.59 Å². The maximum Gasteiger partial charge on any atom is 0.272 e. The highest BCUT2D eigenvalue weighted by Gasteiger charge is 2.50. The van der Waals surface area contributed by atoms with Gasteiger partial charge in [-0.2, -0.15) is 0 Å². The maximum absolute atomic E-state index is 13.5. The molecule has 1 saturated carbocycles. The zero-order chi connectivity index (χ0) is 20.9. The molecule has 1 atom stereocenters.